The van der Waals surface area contributed by atoms with Gasteiger partial charge in [-0.15, -0.1) is 0 Å². The molecule has 90 valence electrons. The molecule has 0 heterocycles. The number of carbonyl (C=O) groups excluding carboxylic acids is 1. The third-order valence-corrected chi connectivity index (χ3v) is 2.88. The van der Waals surface area contributed by atoms with Crippen LogP contribution in [0.4, 0.5) is 0 Å². The van der Waals surface area contributed by atoms with Crippen molar-refractivity contribution in [3.63, 3.8) is 0 Å². The van der Waals surface area contributed by atoms with Gasteiger partial charge in [-0.1, -0.05) is 39.5 Å². The summed E-state index contributed by atoms with van der Waals surface area (Å²) in [7, 11) is 0. The first-order valence-electron chi connectivity index (χ1n) is 6.42. The van der Waals surface area contributed by atoms with Gasteiger partial charge in [-0.3, -0.25) is 4.79 Å². The number of rotatable bonds is 10. The first kappa shape index (κ1) is 14.6. The molecule has 0 amide bonds. The van der Waals surface area contributed by atoms with Crippen LogP contribution in [0.1, 0.15) is 65.2 Å². The molecule has 0 aliphatic rings. The van der Waals surface area contributed by atoms with Crippen molar-refractivity contribution >= 4 is 5.78 Å². The molecule has 1 atom stereocenters. The summed E-state index contributed by atoms with van der Waals surface area (Å²) in [5.74, 6) is 0.917. The van der Waals surface area contributed by atoms with Gasteiger partial charge in [0.2, 0.25) is 0 Å². The summed E-state index contributed by atoms with van der Waals surface area (Å²) in [6.07, 6.45) is 8.61. The second-order valence-electron chi connectivity index (χ2n) is 4.58. The van der Waals surface area contributed by atoms with E-state index in [-0.39, 0.29) is 0 Å². The summed E-state index contributed by atoms with van der Waals surface area (Å²) in [5, 5.41) is 0. The normalized spacial score (nSPS) is 12.7. The lowest BCUT2D eigenvalue weighted by atomic mass is 10.0. The van der Waals surface area contributed by atoms with Gasteiger partial charge in [0, 0.05) is 12.8 Å². The van der Waals surface area contributed by atoms with E-state index in [1.54, 1.807) is 0 Å². The van der Waals surface area contributed by atoms with Crippen molar-refractivity contribution in [1.29, 1.82) is 0 Å². The summed E-state index contributed by atoms with van der Waals surface area (Å²) in [5.41, 5.74) is 5.50. The molecule has 15 heavy (non-hydrogen) atoms. The maximum atomic E-state index is 11.5. The number of hydrogen-bond donors (Lipinski definition) is 1. The van der Waals surface area contributed by atoms with Crippen molar-refractivity contribution in [1.82, 2.24) is 0 Å². The molecule has 0 rings (SSSR count). The molecule has 1 unspecified atom stereocenters. The SMILES string of the molecule is CCCCCCCC(=O)CCC(C)CN. The van der Waals surface area contributed by atoms with Crippen molar-refractivity contribution < 1.29 is 4.79 Å². The highest BCUT2D eigenvalue weighted by atomic mass is 16.1. The molecular formula is C13H27NO. The minimum atomic E-state index is 0.423. The van der Waals surface area contributed by atoms with Gasteiger partial charge >= 0.3 is 0 Å². The minimum Gasteiger partial charge on any atom is -0.330 e. The number of carbonyl (C=O) groups is 1. The third kappa shape index (κ3) is 9.92. The number of Topliss-reactive ketones (excluding diaryl/α,β-unsaturated/α-hetero) is 1. The van der Waals surface area contributed by atoms with Gasteiger partial charge in [-0.05, 0) is 25.3 Å². The predicted octanol–water partition coefficient (Wildman–Crippen LogP) is 3.29. The number of nitrogens with two attached hydrogens (primary N) is 1. The highest BCUT2D eigenvalue weighted by molar-refractivity contribution is 5.78. The van der Waals surface area contributed by atoms with E-state index in [9.17, 15) is 4.79 Å². The van der Waals surface area contributed by atoms with Crippen molar-refractivity contribution in [2.24, 2.45) is 11.7 Å². The fourth-order valence-electron chi connectivity index (χ4n) is 1.58. The van der Waals surface area contributed by atoms with E-state index in [2.05, 4.69) is 13.8 Å². The molecule has 0 aromatic heterocycles. The number of ketones is 1. The van der Waals surface area contributed by atoms with Crippen LogP contribution in [0.2, 0.25) is 0 Å². The van der Waals surface area contributed by atoms with Gasteiger partial charge in [0.15, 0.2) is 0 Å². The van der Waals surface area contributed by atoms with E-state index in [1.807, 2.05) is 0 Å². The van der Waals surface area contributed by atoms with Gasteiger partial charge < -0.3 is 5.73 Å². The molecule has 0 radical (unpaired) electrons. The zero-order valence-electron chi connectivity index (χ0n) is 10.4. The highest BCUT2D eigenvalue weighted by Crippen LogP contribution is 2.09. The quantitative estimate of drug-likeness (QED) is 0.566. The molecule has 0 saturated heterocycles. The molecule has 0 aromatic rings. The highest BCUT2D eigenvalue weighted by Gasteiger charge is 2.05. The monoisotopic (exact) mass is 213 g/mol. The molecule has 0 aromatic carbocycles. The van der Waals surface area contributed by atoms with E-state index in [1.165, 1.54) is 25.7 Å². The van der Waals surface area contributed by atoms with Crippen molar-refractivity contribution in [2.45, 2.75) is 65.2 Å². The molecule has 2 N–H and O–H groups in total. The molecule has 0 spiro atoms. The topological polar surface area (TPSA) is 43.1 Å². The fraction of sp³-hybridized carbons (Fsp3) is 0.923. The van der Waals surface area contributed by atoms with Crippen LogP contribution in [0, 0.1) is 5.92 Å². The predicted molar refractivity (Wildman–Crippen MR) is 65.8 cm³/mol. The average Bonchev–Trinajstić information content (AvgIpc) is 2.25. The second-order valence-corrected chi connectivity index (χ2v) is 4.58. The second kappa shape index (κ2) is 10.2. The van der Waals surface area contributed by atoms with Gasteiger partial charge in [0.1, 0.15) is 5.78 Å². The Bertz CT molecular complexity index is 157. The molecule has 0 saturated carbocycles. The zero-order chi connectivity index (χ0) is 11.5. The van der Waals surface area contributed by atoms with Crippen LogP contribution in [0.15, 0.2) is 0 Å². The lowest BCUT2D eigenvalue weighted by Gasteiger charge is -2.06. The molecule has 0 aliphatic carbocycles. The Balaban J connectivity index is 3.26. The largest absolute Gasteiger partial charge is 0.330 e. The van der Waals surface area contributed by atoms with Gasteiger partial charge in [0.25, 0.3) is 0 Å². The van der Waals surface area contributed by atoms with Gasteiger partial charge in [-0.25, -0.2) is 0 Å². The summed E-state index contributed by atoms with van der Waals surface area (Å²) >= 11 is 0. The Kier molecular flexibility index (Phi) is 9.91. The first-order chi connectivity index (χ1) is 7.20. The molecule has 0 aliphatic heterocycles. The van der Waals surface area contributed by atoms with Crippen LogP contribution in [0.5, 0.6) is 0 Å². The summed E-state index contributed by atoms with van der Waals surface area (Å²) in [6, 6.07) is 0. The summed E-state index contributed by atoms with van der Waals surface area (Å²) < 4.78 is 0. The Morgan fingerprint density at radius 1 is 1.13 bits per heavy atom. The Morgan fingerprint density at radius 3 is 2.40 bits per heavy atom. The molecule has 0 bridgehead atoms. The van der Waals surface area contributed by atoms with Crippen LogP contribution in [0.3, 0.4) is 0 Å². The van der Waals surface area contributed by atoms with E-state index in [0.29, 0.717) is 18.2 Å². The number of hydrogen-bond acceptors (Lipinski definition) is 2. The molecule has 0 fully saturated rings. The maximum absolute atomic E-state index is 11.5. The van der Waals surface area contributed by atoms with E-state index in [4.69, 9.17) is 5.73 Å². The van der Waals surface area contributed by atoms with Crippen molar-refractivity contribution in [2.75, 3.05) is 6.54 Å². The zero-order valence-corrected chi connectivity index (χ0v) is 10.4. The van der Waals surface area contributed by atoms with E-state index < -0.39 is 0 Å². The van der Waals surface area contributed by atoms with Gasteiger partial charge in [-0.2, -0.15) is 0 Å². The van der Waals surface area contributed by atoms with Crippen LogP contribution in [-0.4, -0.2) is 12.3 Å². The lowest BCUT2D eigenvalue weighted by Crippen LogP contribution is -2.12. The minimum absolute atomic E-state index is 0.423. The smallest absolute Gasteiger partial charge is 0.132 e. The van der Waals surface area contributed by atoms with Crippen LogP contribution in [0.25, 0.3) is 0 Å². The fourth-order valence-corrected chi connectivity index (χ4v) is 1.58. The number of unbranched alkanes of at least 4 members (excludes halogenated alkanes) is 4. The molecular weight excluding hydrogens is 186 g/mol. The first-order valence-corrected chi connectivity index (χ1v) is 6.42. The molecule has 2 nitrogen and oxygen atoms in total. The standard InChI is InChI=1S/C13H27NO/c1-3-4-5-6-7-8-13(15)10-9-12(2)11-14/h12H,3-11,14H2,1-2H3. The summed E-state index contributed by atoms with van der Waals surface area (Å²) in [6.45, 7) is 5.01. The van der Waals surface area contributed by atoms with E-state index in [0.717, 1.165) is 25.7 Å². The maximum Gasteiger partial charge on any atom is 0.132 e. The Hall–Kier alpha value is -0.370. The van der Waals surface area contributed by atoms with E-state index >= 15 is 0 Å². The van der Waals surface area contributed by atoms with Crippen molar-refractivity contribution in [3.8, 4) is 0 Å². The summed E-state index contributed by atoms with van der Waals surface area (Å²) in [4.78, 5) is 11.5. The van der Waals surface area contributed by atoms with Crippen LogP contribution < -0.4 is 5.73 Å². The molecule has 2 heteroatoms. The van der Waals surface area contributed by atoms with Crippen LogP contribution >= 0.6 is 0 Å². The van der Waals surface area contributed by atoms with Crippen molar-refractivity contribution in [3.05, 3.63) is 0 Å². The average molecular weight is 213 g/mol. The van der Waals surface area contributed by atoms with Gasteiger partial charge in [0.05, 0.1) is 0 Å². The lowest BCUT2D eigenvalue weighted by molar-refractivity contribution is -0.119. The Morgan fingerprint density at radius 2 is 1.80 bits per heavy atom. The third-order valence-electron chi connectivity index (χ3n) is 2.88. The Labute approximate surface area is 94.6 Å². The van der Waals surface area contributed by atoms with Crippen LogP contribution in [-0.2, 0) is 4.79 Å².